The van der Waals surface area contributed by atoms with E-state index in [0.717, 1.165) is 10.9 Å². The van der Waals surface area contributed by atoms with Crippen LogP contribution in [0.3, 0.4) is 0 Å². The summed E-state index contributed by atoms with van der Waals surface area (Å²) in [6, 6.07) is 7.35. The SMILES string of the molecule is CNC(CN)(C(=O)NC=O)c1[nH]nc2ccccc12. The third kappa shape index (κ3) is 1.98. The Morgan fingerprint density at radius 3 is 2.89 bits per heavy atom. The van der Waals surface area contributed by atoms with Gasteiger partial charge in [0.15, 0.2) is 5.54 Å². The molecular formula is C12H15N5O2. The summed E-state index contributed by atoms with van der Waals surface area (Å²) in [6.45, 7) is -0.0185. The zero-order chi connectivity index (χ0) is 13.9. The predicted molar refractivity (Wildman–Crippen MR) is 70.1 cm³/mol. The Hall–Kier alpha value is -2.25. The number of carbonyl (C=O) groups excluding carboxylic acids is 2. The molecule has 19 heavy (non-hydrogen) atoms. The lowest BCUT2D eigenvalue weighted by molar-refractivity contribution is -0.130. The van der Waals surface area contributed by atoms with E-state index in [4.69, 9.17) is 5.73 Å². The van der Waals surface area contributed by atoms with Crippen molar-refractivity contribution in [1.29, 1.82) is 0 Å². The second-order valence-electron chi connectivity index (χ2n) is 4.07. The molecule has 1 aromatic carbocycles. The Bertz CT molecular complexity index is 603. The number of likely N-dealkylation sites (N-methyl/N-ethyl adjacent to an activating group) is 1. The highest BCUT2D eigenvalue weighted by Gasteiger charge is 2.40. The maximum absolute atomic E-state index is 12.1. The number of rotatable bonds is 5. The van der Waals surface area contributed by atoms with Crippen LogP contribution in [0, 0.1) is 0 Å². The van der Waals surface area contributed by atoms with Crippen molar-refractivity contribution in [3.8, 4) is 0 Å². The molecule has 0 bridgehead atoms. The Balaban J connectivity index is 2.61. The van der Waals surface area contributed by atoms with E-state index in [2.05, 4.69) is 20.8 Å². The second kappa shape index (κ2) is 5.17. The van der Waals surface area contributed by atoms with Gasteiger partial charge in [-0.1, -0.05) is 18.2 Å². The molecular weight excluding hydrogens is 246 g/mol. The zero-order valence-electron chi connectivity index (χ0n) is 10.4. The number of nitrogens with zero attached hydrogens (tertiary/aromatic N) is 1. The van der Waals surface area contributed by atoms with Crippen LogP contribution in [-0.4, -0.2) is 36.1 Å². The molecule has 1 aromatic heterocycles. The van der Waals surface area contributed by atoms with Crippen LogP contribution in [0.4, 0.5) is 0 Å². The first-order valence-corrected chi connectivity index (χ1v) is 5.76. The van der Waals surface area contributed by atoms with Gasteiger partial charge in [0, 0.05) is 11.9 Å². The number of carbonyl (C=O) groups is 2. The van der Waals surface area contributed by atoms with Crippen LogP contribution in [0.15, 0.2) is 24.3 Å². The molecule has 1 heterocycles. The Morgan fingerprint density at radius 1 is 1.53 bits per heavy atom. The van der Waals surface area contributed by atoms with E-state index in [0.29, 0.717) is 12.1 Å². The molecule has 0 radical (unpaired) electrons. The van der Waals surface area contributed by atoms with Crippen molar-refractivity contribution in [3.05, 3.63) is 30.0 Å². The summed E-state index contributed by atoms with van der Waals surface area (Å²) in [4.78, 5) is 22.6. The molecule has 7 nitrogen and oxygen atoms in total. The van der Waals surface area contributed by atoms with E-state index < -0.39 is 11.4 Å². The van der Waals surface area contributed by atoms with Crippen molar-refractivity contribution in [2.24, 2.45) is 5.73 Å². The standard InChI is InChI=1S/C12H15N5O2/c1-14-12(6-13,11(19)15-7-18)10-8-4-2-3-5-9(8)16-17-10/h2-5,7,14H,6,13H2,1H3,(H,16,17)(H,15,18,19). The largest absolute Gasteiger partial charge is 0.328 e. The van der Waals surface area contributed by atoms with Crippen LogP contribution in [0.1, 0.15) is 5.69 Å². The second-order valence-corrected chi connectivity index (χ2v) is 4.07. The van der Waals surface area contributed by atoms with Crippen molar-refractivity contribution in [3.63, 3.8) is 0 Å². The fraction of sp³-hybridized carbons (Fsp3) is 0.250. The van der Waals surface area contributed by atoms with Gasteiger partial charge in [-0.15, -0.1) is 0 Å². The number of fused-ring (bicyclic) bond motifs is 1. The molecule has 2 rings (SSSR count). The predicted octanol–water partition coefficient (Wildman–Crippen LogP) is -0.791. The first kappa shape index (κ1) is 13.2. The topological polar surface area (TPSA) is 113 Å². The summed E-state index contributed by atoms with van der Waals surface area (Å²) in [5.74, 6) is -0.526. The molecule has 100 valence electrons. The third-order valence-corrected chi connectivity index (χ3v) is 3.20. The minimum Gasteiger partial charge on any atom is -0.328 e. The maximum Gasteiger partial charge on any atom is 0.254 e. The van der Waals surface area contributed by atoms with Crippen LogP contribution in [-0.2, 0) is 15.1 Å². The van der Waals surface area contributed by atoms with Gasteiger partial charge in [-0.25, -0.2) is 0 Å². The van der Waals surface area contributed by atoms with Crippen LogP contribution in [0.5, 0.6) is 0 Å². The number of nitrogens with one attached hydrogen (secondary N) is 3. The molecule has 2 amide bonds. The summed E-state index contributed by atoms with van der Waals surface area (Å²) >= 11 is 0. The molecule has 0 aliphatic carbocycles. The monoisotopic (exact) mass is 261 g/mol. The lowest BCUT2D eigenvalue weighted by atomic mass is 9.91. The smallest absolute Gasteiger partial charge is 0.254 e. The third-order valence-electron chi connectivity index (χ3n) is 3.20. The molecule has 0 aliphatic heterocycles. The van der Waals surface area contributed by atoms with Crippen LogP contribution in [0.2, 0.25) is 0 Å². The van der Waals surface area contributed by atoms with Gasteiger partial charge < -0.3 is 11.1 Å². The number of imide groups is 1. The number of aromatic amines is 1. The number of hydrogen-bond donors (Lipinski definition) is 4. The maximum atomic E-state index is 12.1. The Labute approximate surface area is 109 Å². The Kier molecular flexibility index (Phi) is 3.59. The highest BCUT2D eigenvalue weighted by Crippen LogP contribution is 2.26. The summed E-state index contributed by atoms with van der Waals surface area (Å²) in [6.07, 6.45) is 0.336. The fourth-order valence-electron chi connectivity index (χ4n) is 2.11. The van der Waals surface area contributed by atoms with E-state index in [1.165, 1.54) is 0 Å². The fourth-order valence-corrected chi connectivity index (χ4v) is 2.11. The van der Waals surface area contributed by atoms with Gasteiger partial charge >= 0.3 is 0 Å². The minimum absolute atomic E-state index is 0.0185. The van der Waals surface area contributed by atoms with E-state index >= 15 is 0 Å². The number of para-hydroxylation sites is 1. The number of benzene rings is 1. The minimum atomic E-state index is -1.23. The summed E-state index contributed by atoms with van der Waals surface area (Å²) in [7, 11) is 1.60. The molecule has 0 fully saturated rings. The highest BCUT2D eigenvalue weighted by molar-refractivity contribution is 5.97. The molecule has 2 aromatic rings. The number of aromatic nitrogens is 2. The van der Waals surface area contributed by atoms with Crippen molar-refractivity contribution >= 4 is 23.2 Å². The summed E-state index contributed by atoms with van der Waals surface area (Å²) in [5, 5.41) is 12.8. The lowest BCUT2D eigenvalue weighted by Crippen LogP contribution is -2.57. The van der Waals surface area contributed by atoms with Gasteiger partial charge in [0.1, 0.15) is 0 Å². The van der Waals surface area contributed by atoms with Crippen molar-refractivity contribution < 1.29 is 9.59 Å². The van der Waals surface area contributed by atoms with E-state index in [-0.39, 0.29) is 6.54 Å². The lowest BCUT2D eigenvalue weighted by Gasteiger charge is -2.28. The summed E-state index contributed by atoms with van der Waals surface area (Å²) in [5.41, 5.74) is 5.78. The molecule has 0 saturated heterocycles. The average Bonchev–Trinajstić information content (AvgIpc) is 2.86. The zero-order valence-corrected chi connectivity index (χ0v) is 10.4. The highest BCUT2D eigenvalue weighted by atomic mass is 16.2. The molecule has 5 N–H and O–H groups in total. The average molecular weight is 261 g/mol. The van der Waals surface area contributed by atoms with Crippen molar-refractivity contribution in [1.82, 2.24) is 20.8 Å². The van der Waals surface area contributed by atoms with Gasteiger partial charge in [-0.3, -0.25) is 20.0 Å². The number of hydrogen-bond acceptors (Lipinski definition) is 5. The van der Waals surface area contributed by atoms with E-state index in [1.54, 1.807) is 7.05 Å². The molecule has 0 aliphatic rings. The van der Waals surface area contributed by atoms with Crippen molar-refractivity contribution in [2.75, 3.05) is 13.6 Å². The van der Waals surface area contributed by atoms with Crippen molar-refractivity contribution in [2.45, 2.75) is 5.54 Å². The number of H-pyrrole nitrogens is 1. The van der Waals surface area contributed by atoms with Gasteiger partial charge in [0.2, 0.25) is 6.41 Å². The molecule has 0 spiro atoms. The van der Waals surface area contributed by atoms with Gasteiger partial charge in [0.25, 0.3) is 5.91 Å². The molecule has 1 unspecified atom stereocenters. The van der Waals surface area contributed by atoms with E-state index in [9.17, 15) is 9.59 Å². The normalized spacial score (nSPS) is 14.0. The first-order valence-electron chi connectivity index (χ1n) is 5.76. The number of nitrogens with two attached hydrogens (primary N) is 1. The molecule has 7 heteroatoms. The van der Waals surface area contributed by atoms with Crippen LogP contribution in [0.25, 0.3) is 10.9 Å². The van der Waals surface area contributed by atoms with Gasteiger partial charge in [-0.2, -0.15) is 5.10 Å². The van der Waals surface area contributed by atoms with Crippen LogP contribution >= 0.6 is 0 Å². The van der Waals surface area contributed by atoms with E-state index in [1.807, 2.05) is 24.3 Å². The Morgan fingerprint density at radius 2 is 2.26 bits per heavy atom. The quantitative estimate of drug-likeness (QED) is 0.527. The van der Waals surface area contributed by atoms with Gasteiger partial charge in [0.05, 0.1) is 11.2 Å². The summed E-state index contributed by atoms with van der Waals surface area (Å²) < 4.78 is 0. The molecule has 0 saturated carbocycles. The van der Waals surface area contributed by atoms with Crippen LogP contribution < -0.4 is 16.4 Å². The number of amides is 2. The molecule has 1 atom stereocenters. The van der Waals surface area contributed by atoms with Gasteiger partial charge in [-0.05, 0) is 13.1 Å². The first-order chi connectivity index (χ1) is 9.19.